The Morgan fingerprint density at radius 3 is 2.73 bits per heavy atom. The summed E-state index contributed by atoms with van der Waals surface area (Å²) in [5, 5.41) is 3.30. The lowest BCUT2D eigenvalue weighted by molar-refractivity contribution is 0.160. The predicted molar refractivity (Wildman–Crippen MR) is 63.4 cm³/mol. The molecule has 0 aromatic heterocycles. The van der Waals surface area contributed by atoms with Gasteiger partial charge in [-0.15, -0.1) is 0 Å². The fourth-order valence-electron chi connectivity index (χ4n) is 2.07. The van der Waals surface area contributed by atoms with Crippen LogP contribution in [0.4, 0.5) is 4.39 Å². The summed E-state index contributed by atoms with van der Waals surface area (Å²) >= 11 is 3.32. The van der Waals surface area contributed by atoms with E-state index in [1.165, 1.54) is 6.07 Å². The average Bonchev–Trinajstić information content (AvgIpc) is 2.18. The van der Waals surface area contributed by atoms with Crippen LogP contribution in [0.3, 0.4) is 0 Å². The molecule has 1 aliphatic rings. The molecule has 2 rings (SSSR count). The molecule has 1 N–H and O–H groups in total. The van der Waals surface area contributed by atoms with E-state index in [4.69, 9.17) is 0 Å². The summed E-state index contributed by atoms with van der Waals surface area (Å²) in [5.41, 5.74) is 1.43. The van der Waals surface area contributed by atoms with Crippen LogP contribution >= 0.6 is 15.9 Å². The molecule has 0 unspecified atom stereocenters. The van der Waals surface area contributed by atoms with Crippen LogP contribution in [-0.2, 0) is 6.42 Å². The van der Waals surface area contributed by atoms with E-state index >= 15 is 0 Å². The van der Waals surface area contributed by atoms with E-state index in [1.807, 2.05) is 6.07 Å². The topological polar surface area (TPSA) is 12.0 Å². The van der Waals surface area contributed by atoms with E-state index in [0.717, 1.165) is 31.5 Å². The molecule has 0 bridgehead atoms. The van der Waals surface area contributed by atoms with Gasteiger partial charge in [-0.25, -0.2) is 4.39 Å². The Kier molecular flexibility index (Phi) is 3.12. The maximum atomic E-state index is 13.3. The Morgan fingerprint density at radius 1 is 1.47 bits per heavy atom. The molecule has 15 heavy (non-hydrogen) atoms. The molecule has 1 aromatic rings. The first-order chi connectivity index (χ1) is 7.17. The van der Waals surface area contributed by atoms with Crippen molar-refractivity contribution in [2.24, 2.45) is 5.41 Å². The average molecular weight is 272 g/mol. The number of benzene rings is 1. The molecule has 1 heterocycles. The van der Waals surface area contributed by atoms with Crippen LogP contribution in [0, 0.1) is 11.2 Å². The summed E-state index contributed by atoms with van der Waals surface area (Å²) in [7, 11) is 0. The van der Waals surface area contributed by atoms with Crippen molar-refractivity contribution >= 4 is 15.9 Å². The van der Waals surface area contributed by atoms with Crippen molar-refractivity contribution in [3.63, 3.8) is 0 Å². The largest absolute Gasteiger partial charge is 0.316 e. The van der Waals surface area contributed by atoms with E-state index < -0.39 is 0 Å². The smallest absolute Gasteiger partial charge is 0.137 e. The van der Waals surface area contributed by atoms with E-state index in [2.05, 4.69) is 28.2 Å². The standard InChI is InChI=1S/C12H15BrFN/c1-2-12(7-15-8-12)6-9-4-3-5-10(14)11(9)13/h3-5,15H,2,6-8H2,1H3. The second-order valence-electron chi connectivity index (χ2n) is 4.35. The zero-order valence-electron chi connectivity index (χ0n) is 8.82. The number of halogens is 2. The van der Waals surface area contributed by atoms with Gasteiger partial charge in [-0.1, -0.05) is 19.1 Å². The minimum absolute atomic E-state index is 0.161. The number of rotatable bonds is 3. The van der Waals surface area contributed by atoms with Gasteiger partial charge < -0.3 is 5.32 Å². The minimum atomic E-state index is -0.161. The first-order valence-electron chi connectivity index (χ1n) is 5.30. The Morgan fingerprint density at radius 2 is 2.20 bits per heavy atom. The third-order valence-corrected chi connectivity index (χ3v) is 4.24. The van der Waals surface area contributed by atoms with Crippen LogP contribution in [0.15, 0.2) is 22.7 Å². The van der Waals surface area contributed by atoms with Crippen LogP contribution in [0.25, 0.3) is 0 Å². The normalized spacial score (nSPS) is 18.6. The van der Waals surface area contributed by atoms with Gasteiger partial charge in [-0.05, 0) is 45.8 Å². The number of nitrogens with one attached hydrogen (secondary N) is 1. The van der Waals surface area contributed by atoms with Crippen LogP contribution in [0.5, 0.6) is 0 Å². The fourth-order valence-corrected chi connectivity index (χ4v) is 2.47. The van der Waals surface area contributed by atoms with Gasteiger partial charge in [0.1, 0.15) is 5.82 Å². The van der Waals surface area contributed by atoms with E-state index in [9.17, 15) is 4.39 Å². The van der Waals surface area contributed by atoms with Crippen molar-refractivity contribution in [2.75, 3.05) is 13.1 Å². The summed E-state index contributed by atoms with van der Waals surface area (Å²) in [6.07, 6.45) is 2.10. The third-order valence-electron chi connectivity index (χ3n) is 3.35. The zero-order chi connectivity index (χ0) is 10.9. The Balaban J connectivity index is 2.20. The molecule has 1 aliphatic heterocycles. The second-order valence-corrected chi connectivity index (χ2v) is 5.14. The zero-order valence-corrected chi connectivity index (χ0v) is 10.4. The lowest BCUT2D eigenvalue weighted by atomic mass is 9.74. The van der Waals surface area contributed by atoms with Gasteiger partial charge in [0, 0.05) is 13.1 Å². The van der Waals surface area contributed by atoms with Crippen molar-refractivity contribution in [3.05, 3.63) is 34.1 Å². The molecule has 0 radical (unpaired) electrons. The Bertz CT molecular complexity index is 355. The first-order valence-corrected chi connectivity index (χ1v) is 6.10. The highest BCUT2D eigenvalue weighted by Crippen LogP contribution is 2.34. The molecular weight excluding hydrogens is 257 g/mol. The molecule has 0 amide bonds. The molecule has 1 aromatic carbocycles. The SMILES string of the molecule is CCC1(Cc2cccc(F)c2Br)CNC1. The van der Waals surface area contributed by atoms with E-state index in [0.29, 0.717) is 9.89 Å². The highest BCUT2D eigenvalue weighted by Gasteiger charge is 2.35. The van der Waals surface area contributed by atoms with Crippen molar-refractivity contribution < 1.29 is 4.39 Å². The maximum Gasteiger partial charge on any atom is 0.137 e. The molecule has 82 valence electrons. The van der Waals surface area contributed by atoms with Crippen molar-refractivity contribution in [1.82, 2.24) is 5.32 Å². The van der Waals surface area contributed by atoms with Gasteiger partial charge in [0.15, 0.2) is 0 Å². The van der Waals surface area contributed by atoms with Gasteiger partial charge >= 0.3 is 0 Å². The van der Waals surface area contributed by atoms with Gasteiger partial charge in [-0.3, -0.25) is 0 Å². The van der Waals surface area contributed by atoms with Gasteiger partial charge in [0.2, 0.25) is 0 Å². The molecule has 0 spiro atoms. The van der Waals surface area contributed by atoms with E-state index in [-0.39, 0.29) is 5.82 Å². The quantitative estimate of drug-likeness (QED) is 0.891. The lowest BCUT2D eigenvalue weighted by Gasteiger charge is -2.42. The highest BCUT2D eigenvalue weighted by atomic mass is 79.9. The first kappa shape index (κ1) is 11.1. The van der Waals surface area contributed by atoms with Crippen molar-refractivity contribution in [2.45, 2.75) is 19.8 Å². The Labute approximate surface area is 98.2 Å². The summed E-state index contributed by atoms with van der Waals surface area (Å²) in [6.45, 7) is 4.30. The summed E-state index contributed by atoms with van der Waals surface area (Å²) < 4.78 is 13.9. The molecule has 0 saturated carbocycles. The third kappa shape index (κ3) is 2.08. The van der Waals surface area contributed by atoms with Gasteiger partial charge in [0.05, 0.1) is 4.47 Å². The van der Waals surface area contributed by atoms with Crippen LogP contribution < -0.4 is 5.32 Å². The fraction of sp³-hybridized carbons (Fsp3) is 0.500. The van der Waals surface area contributed by atoms with Crippen LogP contribution in [0.1, 0.15) is 18.9 Å². The van der Waals surface area contributed by atoms with Crippen LogP contribution in [-0.4, -0.2) is 13.1 Å². The molecule has 0 atom stereocenters. The molecule has 3 heteroatoms. The minimum Gasteiger partial charge on any atom is -0.316 e. The predicted octanol–water partition coefficient (Wildman–Crippen LogP) is 3.13. The molecule has 1 fully saturated rings. The Hall–Kier alpha value is -0.410. The van der Waals surface area contributed by atoms with Gasteiger partial charge in [0.25, 0.3) is 0 Å². The van der Waals surface area contributed by atoms with Gasteiger partial charge in [-0.2, -0.15) is 0 Å². The van der Waals surface area contributed by atoms with Crippen molar-refractivity contribution in [3.8, 4) is 0 Å². The van der Waals surface area contributed by atoms with Crippen LogP contribution in [0.2, 0.25) is 0 Å². The molecule has 0 aliphatic carbocycles. The summed E-state index contributed by atoms with van der Waals surface area (Å²) in [5.74, 6) is -0.161. The molecule has 1 saturated heterocycles. The summed E-state index contributed by atoms with van der Waals surface area (Å²) in [4.78, 5) is 0. The van der Waals surface area contributed by atoms with E-state index in [1.54, 1.807) is 6.07 Å². The monoisotopic (exact) mass is 271 g/mol. The maximum absolute atomic E-state index is 13.3. The molecular formula is C12H15BrFN. The second kappa shape index (κ2) is 4.22. The number of hydrogen-bond acceptors (Lipinski definition) is 1. The number of hydrogen-bond donors (Lipinski definition) is 1. The molecule has 1 nitrogen and oxygen atoms in total. The lowest BCUT2D eigenvalue weighted by Crippen LogP contribution is -2.54. The van der Waals surface area contributed by atoms with Crippen molar-refractivity contribution in [1.29, 1.82) is 0 Å². The highest BCUT2D eigenvalue weighted by molar-refractivity contribution is 9.10. The summed E-state index contributed by atoms with van der Waals surface area (Å²) in [6, 6.07) is 5.28.